The topological polar surface area (TPSA) is 92.5 Å². The largest absolute Gasteiger partial charge is 0.378 e. The first-order valence-electron chi connectivity index (χ1n) is 5.85. The molecule has 3 N–H and O–H groups in total. The monoisotopic (exact) mass is 285 g/mol. The first-order chi connectivity index (χ1) is 8.79. The molecule has 7 heteroatoms. The molecule has 0 fully saturated rings. The smallest absolute Gasteiger partial charge is 0.251 e. The van der Waals surface area contributed by atoms with E-state index in [-0.39, 0.29) is 18.2 Å². The Bertz CT molecular complexity index is 541. The molecule has 0 bridgehead atoms. The molecule has 0 aliphatic rings. The van der Waals surface area contributed by atoms with Crippen molar-refractivity contribution in [2.75, 3.05) is 31.3 Å². The third-order valence-electron chi connectivity index (χ3n) is 2.52. The summed E-state index contributed by atoms with van der Waals surface area (Å²) in [6.45, 7) is 0.279. The highest BCUT2D eigenvalue weighted by Gasteiger charge is 2.07. The minimum absolute atomic E-state index is 0.134. The van der Waals surface area contributed by atoms with Crippen molar-refractivity contribution in [2.45, 2.75) is 6.42 Å². The number of hydrogen-bond acceptors (Lipinski definition) is 4. The van der Waals surface area contributed by atoms with Crippen LogP contribution < -0.4 is 15.4 Å². The van der Waals surface area contributed by atoms with Crippen LogP contribution in [0, 0.1) is 0 Å². The van der Waals surface area contributed by atoms with Crippen LogP contribution in [-0.2, 0) is 10.0 Å². The van der Waals surface area contributed by atoms with Crippen molar-refractivity contribution in [1.82, 2.24) is 5.32 Å². The summed E-state index contributed by atoms with van der Waals surface area (Å²) in [5, 5.41) is 7.53. The number of nitrogens with one attached hydrogen (secondary N) is 1. The number of amides is 1. The predicted molar refractivity (Wildman–Crippen MR) is 75.7 cm³/mol. The lowest BCUT2D eigenvalue weighted by atomic mass is 10.2. The lowest BCUT2D eigenvalue weighted by Crippen LogP contribution is -2.27. The average molecular weight is 285 g/mol. The molecule has 106 valence electrons. The second-order valence-corrected chi connectivity index (χ2v) is 6.16. The Hall–Kier alpha value is -1.60. The van der Waals surface area contributed by atoms with Crippen LogP contribution in [0.15, 0.2) is 24.3 Å². The molecular formula is C12H19N3O3S. The molecule has 0 radical (unpaired) electrons. The van der Waals surface area contributed by atoms with E-state index in [2.05, 4.69) is 5.32 Å². The van der Waals surface area contributed by atoms with Gasteiger partial charge in [-0.1, -0.05) is 6.07 Å². The second kappa shape index (κ2) is 6.53. The quantitative estimate of drug-likeness (QED) is 0.728. The molecule has 0 aromatic heterocycles. The number of nitrogens with zero attached hydrogens (tertiary/aromatic N) is 1. The van der Waals surface area contributed by atoms with Gasteiger partial charge < -0.3 is 10.2 Å². The molecule has 0 atom stereocenters. The molecule has 0 heterocycles. The Balaban J connectivity index is 2.52. The van der Waals surface area contributed by atoms with E-state index < -0.39 is 10.0 Å². The molecule has 0 aliphatic carbocycles. The van der Waals surface area contributed by atoms with Gasteiger partial charge in [-0.2, -0.15) is 0 Å². The molecule has 0 spiro atoms. The fraction of sp³-hybridized carbons (Fsp3) is 0.417. The van der Waals surface area contributed by atoms with Crippen molar-refractivity contribution in [3.05, 3.63) is 29.8 Å². The molecule has 1 aromatic carbocycles. The number of anilines is 1. The van der Waals surface area contributed by atoms with Gasteiger partial charge in [0, 0.05) is 31.9 Å². The van der Waals surface area contributed by atoms with Gasteiger partial charge in [0.1, 0.15) is 0 Å². The van der Waals surface area contributed by atoms with Gasteiger partial charge >= 0.3 is 0 Å². The van der Waals surface area contributed by atoms with Crippen LogP contribution >= 0.6 is 0 Å². The van der Waals surface area contributed by atoms with Crippen LogP contribution in [0.5, 0.6) is 0 Å². The fourth-order valence-corrected chi connectivity index (χ4v) is 2.05. The van der Waals surface area contributed by atoms with Gasteiger partial charge in [0.15, 0.2) is 0 Å². The van der Waals surface area contributed by atoms with E-state index in [1.807, 2.05) is 25.1 Å². The van der Waals surface area contributed by atoms with E-state index in [1.54, 1.807) is 18.2 Å². The van der Waals surface area contributed by atoms with E-state index in [9.17, 15) is 13.2 Å². The third-order valence-corrected chi connectivity index (χ3v) is 3.37. The molecule has 0 saturated carbocycles. The van der Waals surface area contributed by atoms with E-state index in [1.165, 1.54) is 0 Å². The normalized spacial score (nSPS) is 11.1. The molecule has 0 aliphatic heterocycles. The van der Waals surface area contributed by atoms with Gasteiger partial charge in [-0.05, 0) is 24.6 Å². The molecule has 1 amide bonds. The van der Waals surface area contributed by atoms with E-state index in [0.29, 0.717) is 12.0 Å². The summed E-state index contributed by atoms with van der Waals surface area (Å²) in [6.07, 6.45) is 0.304. The maximum atomic E-state index is 11.8. The molecule has 1 rings (SSSR count). The number of carbonyl (C=O) groups excluding carboxylic acids is 1. The van der Waals surface area contributed by atoms with Crippen molar-refractivity contribution >= 4 is 21.6 Å². The first-order valence-corrected chi connectivity index (χ1v) is 7.57. The highest BCUT2D eigenvalue weighted by atomic mass is 32.2. The van der Waals surface area contributed by atoms with Crippen LogP contribution in [0.1, 0.15) is 16.8 Å². The standard InChI is InChI=1S/C12H19N3O3S/c1-15(2)11-6-3-5-10(9-11)12(16)14-7-4-8-19(13,17)18/h3,5-6,9H,4,7-8H2,1-2H3,(H,14,16)(H2,13,17,18). The average Bonchev–Trinajstić information content (AvgIpc) is 2.33. The lowest BCUT2D eigenvalue weighted by molar-refractivity contribution is 0.0953. The van der Waals surface area contributed by atoms with Gasteiger partial charge in [-0.3, -0.25) is 4.79 Å². The van der Waals surface area contributed by atoms with Gasteiger partial charge in [-0.25, -0.2) is 13.6 Å². The maximum absolute atomic E-state index is 11.8. The number of sulfonamides is 1. The van der Waals surface area contributed by atoms with E-state index in [0.717, 1.165) is 5.69 Å². The summed E-state index contributed by atoms with van der Waals surface area (Å²) in [5.74, 6) is -0.358. The van der Waals surface area contributed by atoms with Gasteiger partial charge in [0.2, 0.25) is 10.0 Å². The molecule has 6 nitrogen and oxygen atoms in total. The Kier molecular flexibility index (Phi) is 5.31. The Morgan fingerprint density at radius 3 is 2.63 bits per heavy atom. The first kappa shape index (κ1) is 15.5. The van der Waals surface area contributed by atoms with Gasteiger partial charge in [0.25, 0.3) is 5.91 Å². The summed E-state index contributed by atoms with van der Waals surface area (Å²) < 4.78 is 21.5. The van der Waals surface area contributed by atoms with Crippen LogP contribution in [-0.4, -0.2) is 40.7 Å². The summed E-state index contributed by atoms with van der Waals surface area (Å²) >= 11 is 0. The summed E-state index contributed by atoms with van der Waals surface area (Å²) in [5.41, 5.74) is 1.47. The molecular weight excluding hydrogens is 266 g/mol. The summed E-state index contributed by atoms with van der Waals surface area (Å²) in [6, 6.07) is 7.18. The second-order valence-electron chi connectivity index (χ2n) is 4.42. The fourth-order valence-electron chi connectivity index (χ4n) is 1.50. The SMILES string of the molecule is CN(C)c1cccc(C(=O)NCCCS(N)(=O)=O)c1. The van der Waals surface area contributed by atoms with Crippen LogP contribution in [0.2, 0.25) is 0 Å². The van der Waals surface area contributed by atoms with Crippen molar-refractivity contribution in [3.63, 3.8) is 0 Å². The Morgan fingerprint density at radius 1 is 1.37 bits per heavy atom. The van der Waals surface area contributed by atoms with Crippen LogP contribution in [0.25, 0.3) is 0 Å². The van der Waals surface area contributed by atoms with E-state index >= 15 is 0 Å². The molecule has 19 heavy (non-hydrogen) atoms. The number of benzene rings is 1. The van der Waals surface area contributed by atoms with Crippen LogP contribution in [0.3, 0.4) is 0 Å². The van der Waals surface area contributed by atoms with Crippen molar-refractivity contribution in [2.24, 2.45) is 5.14 Å². The van der Waals surface area contributed by atoms with Crippen LogP contribution in [0.4, 0.5) is 5.69 Å². The number of rotatable bonds is 6. The zero-order valence-electron chi connectivity index (χ0n) is 11.1. The number of primary sulfonamides is 1. The molecule has 1 aromatic rings. The van der Waals surface area contributed by atoms with Gasteiger partial charge in [0.05, 0.1) is 5.75 Å². The van der Waals surface area contributed by atoms with Crippen molar-refractivity contribution < 1.29 is 13.2 Å². The summed E-state index contributed by atoms with van der Waals surface area (Å²) in [4.78, 5) is 13.7. The zero-order chi connectivity index (χ0) is 14.5. The minimum Gasteiger partial charge on any atom is -0.378 e. The maximum Gasteiger partial charge on any atom is 0.251 e. The Labute approximate surface area is 113 Å². The minimum atomic E-state index is -3.46. The number of hydrogen-bond donors (Lipinski definition) is 2. The lowest BCUT2D eigenvalue weighted by Gasteiger charge is -2.13. The zero-order valence-corrected chi connectivity index (χ0v) is 11.9. The Morgan fingerprint density at radius 2 is 2.05 bits per heavy atom. The van der Waals surface area contributed by atoms with Gasteiger partial charge in [-0.15, -0.1) is 0 Å². The molecule has 0 saturated heterocycles. The molecule has 0 unspecified atom stereocenters. The number of carbonyl (C=O) groups is 1. The summed E-state index contributed by atoms with van der Waals surface area (Å²) in [7, 11) is 0.321. The number of nitrogens with two attached hydrogens (primary N) is 1. The third kappa shape index (κ3) is 5.71. The highest BCUT2D eigenvalue weighted by Crippen LogP contribution is 2.13. The predicted octanol–water partition coefficient (Wildman–Crippen LogP) is 0.161. The van der Waals surface area contributed by atoms with E-state index in [4.69, 9.17) is 5.14 Å². The van der Waals surface area contributed by atoms with Crippen molar-refractivity contribution in [1.29, 1.82) is 0 Å². The highest BCUT2D eigenvalue weighted by molar-refractivity contribution is 7.89. The van der Waals surface area contributed by atoms with Crippen molar-refractivity contribution in [3.8, 4) is 0 Å².